The van der Waals surface area contributed by atoms with E-state index in [-0.39, 0.29) is 17.9 Å². The molecule has 1 amide bonds. The maximum atomic E-state index is 14.4. The number of halogens is 4. The predicted octanol–water partition coefficient (Wildman–Crippen LogP) is 4.90. The summed E-state index contributed by atoms with van der Waals surface area (Å²) >= 11 is 4.75. The Morgan fingerprint density at radius 3 is 2.52 bits per heavy atom. The molecule has 0 spiro atoms. The van der Waals surface area contributed by atoms with Gasteiger partial charge in [-0.25, -0.2) is 19.3 Å². The third kappa shape index (κ3) is 5.70. The number of benzene rings is 1. The quantitative estimate of drug-likeness (QED) is 0.509. The summed E-state index contributed by atoms with van der Waals surface area (Å²) in [5, 5.41) is 2.67. The van der Waals surface area contributed by atoms with Crippen molar-refractivity contribution in [2.45, 2.75) is 24.6 Å². The van der Waals surface area contributed by atoms with Crippen molar-refractivity contribution in [3.63, 3.8) is 0 Å². The molecule has 1 saturated heterocycles. The van der Waals surface area contributed by atoms with Crippen LogP contribution < -0.4 is 15.0 Å². The molecule has 7 nitrogen and oxygen atoms in total. The smallest absolute Gasteiger partial charge is 0.420 e. The van der Waals surface area contributed by atoms with Crippen molar-refractivity contribution in [3.8, 4) is 16.9 Å². The average molecular weight is 478 g/mol. The summed E-state index contributed by atoms with van der Waals surface area (Å²) in [4.78, 5) is 27.1. The number of nitrogens with zero attached hydrogens (tertiary/aromatic N) is 4. The van der Waals surface area contributed by atoms with E-state index in [1.54, 1.807) is 25.4 Å². The first kappa shape index (κ1) is 22.8. The molecule has 3 aromatic rings. The van der Waals surface area contributed by atoms with Crippen LogP contribution >= 0.6 is 11.6 Å². The zero-order valence-electron chi connectivity index (χ0n) is 17.4. The van der Waals surface area contributed by atoms with Crippen molar-refractivity contribution in [3.05, 3.63) is 60.8 Å². The van der Waals surface area contributed by atoms with Gasteiger partial charge in [0.1, 0.15) is 23.6 Å². The van der Waals surface area contributed by atoms with E-state index in [0.717, 1.165) is 0 Å². The Balaban J connectivity index is 1.58. The number of anilines is 2. The van der Waals surface area contributed by atoms with Crippen LogP contribution in [0.4, 0.5) is 24.7 Å². The van der Waals surface area contributed by atoms with Crippen molar-refractivity contribution < 1.29 is 22.7 Å². The lowest BCUT2D eigenvalue weighted by molar-refractivity contribution is -0.0964. The van der Waals surface area contributed by atoms with Crippen molar-refractivity contribution >= 4 is 29.0 Å². The summed E-state index contributed by atoms with van der Waals surface area (Å²) < 4.78 is 44.2. The number of rotatable bonds is 6. The highest BCUT2D eigenvalue weighted by Gasteiger charge is 2.35. The van der Waals surface area contributed by atoms with Gasteiger partial charge in [-0.1, -0.05) is 0 Å². The number of aromatic nitrogens is 3. The van der Waals surface area contributed by atoms with Gasteiger partial charge in [-0.2, -0.15) is 0 Å². The average Bonchev–Trinajstić information content (AvgIpc) is 3.14. The molecule has 1 fully saturated rings. The number of nitrogens with one attached hydrogen (secondary N) is 1. The van der Waals surface area contributed by atoms with Crippen molar-refractivity contribution in [1.82, 2.24) is 15.0 Å². The highest BCUT2D eigenvalue weighted by atomic mass is 35.5. The molecule has 11 heteroatoms. The molecule has 2 aromatic heterocycles. The molecular weight excluding hydrogens is 459 g/mol. The molecule has 0 bridgehead atoms. The summed E-state index contributed by atoms with van der Waals surface area (Å²) in [7, 11) is 0. The molecule has 33 heavy (non-hydrogen) atoms. The van der Waals surface area contributed by atoms with Crippen LogP contribution in [0.1, 0.15) is 23.7 Å². The van der Waals surface area contributed by atoms with E-state index in [0.29, 0.717) is 35.6 Å². The molecule has 0 radical (unpaired) electrons. The fraction of sp³-hybridized carbons (Fsp3) is 0.273. The monoisotopic (exact) mass is 477 g/mol. The molecule has 1 aromatic carbocycles. The van der Waals surface area contributed by atoms with Crippen LogP contribution in [0.5, 0.6) is 5.75 Å². The molecule has 0 saturated carbocycles. The summed E-state index contributed by atoms with van der Waals surface area (Å²) in [6.07, 6.45) is 6.33. The standard InChI is InChI=1S/C22H19ClF3N5O2/c1-21(24)6-7-31(12-21)19-18(15-9-27-13-28-10-15)8-14(11-29-19)20(32)30-16-2-4-17(5-3-16)33-22(23,25)26/h2-5,8-11,13H,6-7,12H2,1H3,(H,30,32). The van der Waals surface area contributed by atoms with Crippen LogP contribution in [0.15, 0.2) is 55.2 Å². The van der Waals surface area contributed by atoms with E-state index in [2.05, 4.69) is 25.0 Å². The largest absolute Gasteiger partial charge is 0.487 e. The fourth-order valence-corrected chi connectivity index (χ4v) is 3.62. The minimum Gasteiger partial charge on any atom is -0.420 e. The van der Waals surface area contributed by atoms with Gasteiger partial charge in [0.25, 0.3) is 5.91 Å². The third-order valence-electron chi connectivity index (χ3n) is 5.07. The molecule has 3 heterocycles. The van der Waals surface area contributed by atoms with Crippen LogP contribution in [-0.4, -0.2) is 45.2 Å². The van der Waals surface area contributed by atoms with Gasteiger partial charge in [-0.3, -0.25) is 4.79 Å². The molecule has 1 aliphatic heterocycles. The van der Waals surface area contributed by atoms with Gasteiger partial charge >= 0.3 is 5.57 Å². The molecule has 172 valence electrons. The Morgan fingerprint density at radius 1 is 1.21 bits per heavy atom. The zero-order valence-corrected chi connectivity index (χ0v) is 18.2. The second-order valence-corrected chi connectivity index (χ2v) is 8.27. The summed E-state index contributed by atoms with van der Waals surface area (Å²) in [6, 6.07) is 6.93. The Kier molecular flexibility index (Phi) is 6.11. The molecular formula is C22H19ClF3N5O2. The van der Waals surface area contributed by atoms with Gasteiger partial charge in [0.15, 0.2) is 0 Å². The lowest BCUT2D eigenvalue weighted by atomic mass is 10.1. The molecule has 1 atom stereocenters. The Hall–Kier alpha value is -3.40. The van der Waals surface area contributed by atoms with Crippen LogP contribution in [0.3, 0.4) is 0 Å². The minimum atomic E-state index is -3.83. The van der Waals surface area contributed by atoms with Crippen molar-refractivity contribution in [1.29, 1.82) is 0 Å². The fourth-order valence-electron chi connectivity index (χ4n) is 3.53. The topological polar surface area (TPSA) is 80.2 Å². The zero-order chi connectivity index (χ0) is 23.6. The van der Waals surface area contributed by atoms with Gasteiger partial charge in [-0.15, -0.1) is 8.78 Å². The molecule has 1 unspecified atom stereocenters. The number of amides is 1. The number of ether oxygens (including phenoxy) is 1. The summed E-state index contributed by atoms with van der Waals surface area (Å²) in [5.41, 5.74) is -3.34. The SMILES string of the molecule is CC1(F)CCN(c2ncc(C(=O)Nc3ccc(OC(F)(F)Cl)cc3)cc2-c2cncnc2)C1. The van der Waals surface area contributed by atoms with Crippen LogP contribution in [-0.2, 0) is 0 Å². The predicted molar refractivity (Wildman–Crippen MR) is 117 cm³/mol. The van der Waals surface area contributed by atoms with E-state index in [1.165, 1.54) is 36.8 Å². The van der Waals surface area contributed by atoms with E-state index in [9.17, 15) is 18.0 Å². The number of hydrogen-bond acceptors (Lipinski definition) is 6. The van der Waals surface area contributed by atoms with Crippen molar-refractivity contribution in [2.24, 2.45) is 0 Å². The van der Waals surface area contributed by atoms with Gasteiger partial charge in [0, 0.05) is 60.0 Å². The first-order chi connectivity index (χ1) is 15.6. The highest BCUT2D eigenvalue weighted by Crippen LogP contribution is 2.35. The van der Waals surface area contributed by atoms with E-state index >= 15 is 0 Å². The third-order valence-corrected chi connectivity index (χ3v) is 5.15. The first-order valence-corrected chi connectivity index (χ1v) is 10.3. The normalized spacial score (nSPS) is 18.3. The van der Waals surface area contributed by atoms with Crippen LogP contribution in [0, 0.1) is 0 Å². The number of carbonyl (C=O) groups is 1. The molecule has 0 aliphatic carbocycles. The Morgan fingerprint density at radius 2 is 1.91 bits per heavy atom. The van der Waals surface area contributed by atoms with Crippen LogP contribution in [0.25, 0.3) is 11.1 Å². The lowest BCUT2D eigenvalue weighted by Crippen LogP contribution is -2.27. The van der Waals surface area contributed by atoms with Gasteiger partial charge in [-0.05, 0) is 37.3 Å². The van der Waals surface area contributed by atoms with Gasteiger partial charge in [0.2, 0.25) is 0 Å². The summed E-state index contributed by atoms with van der Waals surface area (Å²) in [5.74, 6) is -0.0951. The number of hydrogen-bond donors (Lipinski definition) is 1. The number of carbonyl (C=O) groups excluding carboxylic acids is 1. The van der Waals surface area contributed by atoms with Gasteiger partial charge < -0.3 is 15.0 Å². The Bertz CT molecular complexity index is 1140. The minimum absolute atomic E-state index is 0.157. The molecule has 1 aliphatic rings. The lowest BCUT2D eigenvalue weighted by Gasteiger charge is -2.22. The summed E-state index contributed by atoms with van der Waals surface area (Å²) in [6.45, 7) is 2.22. The second kappa shape index (κ2) is 8.86. The first-order valence-electron chi connectivity index (χ1n) is 9.96. The molecule has 4 rings (SSSR count). The number of pyridine rings is 1. The van der Waals surface area contributed by atoms with Crippen LogP contribution in [0.2, 0.25) is 0 Å². The maximum Gasteiger partial charge on any atom is 0.487 e. The second-order valence-electron chi connectivity index (χ2n) is 7.83. The van der Waals surface area contributed by atoms with Gasteiger partial charge in [0.05, 0.1) is 12.1 Å². The Labute approximate surface area is 192 Å². The van der Waals surface area contributed by atoms with Crippen molar-refractivity contribution in [2.75, 3.05) is 23.3 Å². The highest BCUT2D eigenvalue weighted by molar-refractivity contribution is 6.20. The molecule has 1 N–H and O–H groups in total. The van der Waals surface area contributed by atoms with E-state index in [1.807, 2.05) is 4.90 Å². The van der Waals surface area contributed by atoms with E-state index in [4.69, 9.17) is 11.6 Å². The number of alkyl halides is 4. The maximum absolute atomic E-state index is 14.4. The van der Waals surface area contributed by atoms with E-state index < -0.39 is 17.1 Å².